The summed E-state index contributed by atoms with van der Waals surface area (Å²) in [6.45, 7) is 6.59. The van der Waals surface area contributed by atoms with E-state index in [1.165, 1.54) is 12.1 Å². The van der Waals surface area contributed by atoms with Crippen molar-refractivity contribution in [2.24, 2.45) is 0 Å². The molecule has 0 radical (unpaired) electrons. The van der Waals surface area contributed by atoms with Crippen molar-refractivity contribution < 1.29 is 18.4 Å². The van der Waals surface area contributed by atoms with E-state index in [1.54, 1.807) is 32.9 Å². The molecule has 0 spiro atoms. The van der Waals surface area contributed by atoms with Crippen molar-refractivity contribution in [2.75, 3.05) is 0 Å². The molecule has 0 fully saturated rings. The summed E-state index contributed by atoms with van der Waals surface area (Å²) >= 11 is 0. The van der Waals surface area contributed by atoms with Crippen LogP contribution < -0.4 is 0 Å². The van der Waals surface area contributed by atoms with E-state index >= 15 is 0 Å². The van der Waals surface area contributed by atoms with Gasteiger partial charge in [-0.05, 0) is 45.4 Å². The molecular formula is C14H17NO4S. The molecule has 1 heterocycles. The second kappa shape index (κ2) is 4.43. The van der Waals surface area contributed by atoms with Crippen LogP contribution >= 0.6 is 0 Å². The summed E-state index contributed by atoms with van der Waals surface area (Å²) in [5, 5.41) is 10.3. The number of hydroxylamine groups is 2. The van der Waals surface area contributed by atoms with Gasteiger partial charge in [-0.1, -0.05) is 17.7 Å². The fraction of sp³-hybridized carbons (Fsp3) is 0.357. The number of amides is 1. The molecule has 0 atom stereocenters. The van der Waals surface area contributed by atoms with Crippen molar-refractivity contribution in [3.05, 3.63) is 40.3 Å². The first kappa shape index (κ1) is 14.7. The van der Waals surface area contributed by atoms with Crippen molar-refractivity contribution in [3.8, 4) is 0 Å². The Kier molecular flexibility index (Phi) is 3.26. The molecule has 1 aromatic carbocycles. The Morgan fingerprint density at radius 2 is 1.60 bits per heavy atom. The van der Waals surface area contributed by atoms with Gasteiger partial charge in [0.1, 0.15) is 4.91 Å². The van der Waals surface area contributed by atoms with Gasteiger partial charge in [-0.3, -0.25) is 10.0 Å². The SMILES string of the molecule is CC1=C(S(=O)(=O)c2ccc(C)cc2)C(=O)N(O)C1(C)C. The zero-order valence-electron chi connectivity index (χ0n) is 11.8. The van der Waals surface area contributed by atoms with E-state index < -0.39 is 21.3 Å². The number of benzene rings is 1. The Morgan fingerprint density at radius 3 is 2.00 bits per heavy atom. The van der Waals surface area contributed by atoms with Gasteiger partial charge in [-0.2, -0.15) is 0 Å². The maximum Gasteiger partial charge on any atom is 0.289 e. The van der Waals surface area contributed by atoms with Crippen LogP contribution in [0.15, 0.2) is 39.6 Å². The van der Waals surface area contributed by atoms with E-state index in [2.05, 4.69) is 0 Å². The lowest BCUT2D eigenvalue weighted by Crippen LogP contribution is -2.40. The second-order valence-electron chi connectivity index (χ2n) is 5.45. The van der Waals surface area contributed by atoms with E-state index in [9.17, 15) is 18.4 Å². The molecule has 1 amide bonds. The van der Waals surface area contributed by atoms with Crippen LogP contribution in [0.1, 0.15) is 26.3 Å². The van der Waals surface area contributed by atoms with Gasteiger partial charge in [0.15, 0.2) is 0 Å². The maximum atomic E-state index is 12.6. The van der Waals surface area contributed by atoms with Crippen LogP contribution in [0.4, 0.5) is 0 Å². The van der Waals surface area contributed by atoms with Crippen LogP contribution in [-0.2, 0) is 14.6 Å². The third kappa shape index (κ3) is 1.96. The first-order valence-electron chi connectivity index (χ1n) is 6.16. The van der Waals surface area contributed by atoms with Crippen molar-refractivity contribution in [1.29, 1.82) is 0 Å². The molecule has 1 aliphatic rings. The topological polar surface area (TPSA) is 74.7 Å². The number of nitrogens with zero attached hydrogens (tertiary/aromatic N) is 1. The van der Waals surface area contributed by atoms with E-state index in [0.29, 0.717) is 10.6 Å². The molecule has 0 bridgehead atoms. The average Bonchev–Trinajstić information content (AvgIpc) is 2.51. The molecule has 0 aliphatic carbocycles. The third-order valence-corrected chi connectivity index (χ3v) is 5.69. The minimum absolute atomic E-state index is 0.0527. The Balaban J connectivity index is 2.64. The molecule has 0 unspecified atom stereocenters. The standard InChI is InChI=1S/C14H17NO4S/c1-9-5-7-11(8-6-9)20(18,19)12-10(2)14(3,4)15(17)13(12)16/h5-8,17H,1-4H3. The molecule has 0 aromatic heterocycles. The van der Waals surface area contributed by atoms with Crippen LogP contribution in [0.3, 0.4) is 0 Å². The van der Waals surface area contributed by atoms with Gasteiger partial charge >= 0.3 is 0 Å². The van der Waals surface area contributed by atoms with Crippen LogP contribution in [-0.4, -0.2) is 30.1 Å². The molecule has 5 nitrogen and oxygen atoms in total. The summed E-state index contributed by atoms with van der Waals surface area (Å²) in [5.74, 6) is -0.881. The van der Waals surface area contributed by atoms with E-state index in [1.807, 2.05) is 6.92 Å². The van der Waals surface area contributed by atoms with E-state index in [0.717, 1.165) is 5.56 Å². The molecule has 108 valence electrons. The molecule has 2 rings (SSSR count). The zero-order chi connectivity index (χ0) is 15.3. The minimum atomic E-state index is -3.93. The Morgan fingerprint density at radius 1 is 1.10 bits per heavy atom. The smallest absolute Gasteiger partial charge is 0.285 e. The fourth-order valence-electron chi connectivity index (χ4n) is 2.10. The third-order valence-electron chi connectivity index (χ3n) is 3.77. The molecule has 1 aliphatic heterocycles. The van der Waals surface area contributed by atoms with Gasteiger partial charge < -0.3 is 0 Å². The predicted molar refractivity (Wildman–Crippen MR) is 73.8 cm³/mol. The molecule has 1 aromatic rings. The first-order chi connectivity index (χ1) is 9.10. The van der Waals surface area contributed by atoms with Gasteiger partial charge in [-0.15, -0.1) is 0 Å². The normalized spacial score (nSPS) is 18.9. The monoisotopic (exact) mass is 295 g/mol. The minimum Gasteiger partial charge on any atom is -0.285 e. The maximum absolute atomic E-state index is 12.6. The van der Waals surface area contributed by atoms with Crippen LogP contribution in [0.5, 0.6) is 0 Å². The van der Waals surface area contributed by atoms with E-state index in [4.69, 9.17) is 0 Å². The summed E-state index contributed by atoms with van der Waals surface area (Å²) in [6.07, 6.45) is 0. The van der Waals surface area contributed by atoms with Crippen molar-refractivity contribution in [2.45, 2.75) is 38.1 Å². The summed E-state index contributed by atoms with van der Waals surface area (Å²) in [5.41, 5.74) is 0.242. The lowest BCUT2D eigenvalue weighted by Gasteiger charge is -2.26. The van der Waals surface area contributed by atoms with Gasteiger partial charge in [-0.25, -0.2) is 13.5 Å². The van der Waals surface area contributed by atoms with Crippen LogP contribution in [0.25, 0.3) is 0 Å². The number of hydrogen-bond acceptors (Lipinski definition) is 4. The highest BCUT2D eigenvalue weighted by Gasteiger charge is 2.48. The highest BCUT2D eigenvalue weighted by Crippen LogP contribution is 2.38. The van der Waals surface area contributed by atoms with Crippen LogP contribution in [0, 0.1) is 6.92 Å². The summed E-state index contributed by atoms with van der Waals surface area (Å²) < 4.78 is 25.2. The molecule has 0 saturated carbocycles. The number of sulfone groups is 1. The van der Waals surface area contributed by atoms with Gasteiger partial charge in [0.2, 0.25) is 9.84 Å². The number of carbonyl (C=O) groups excluding carboxylic acids is 1. The zero-order valence-corrected chi connectivity index (χ0v) is 12.7. The molecule has 0 saturated heterocycles. The molecule has 6 heteroatoms. The van der Waals surface area contributed by atoms with Crippen molar-refractivity contribution >= 4 is 15.7 Å². The Bertz CT molecular complexity index is 699. The summed E-state index contributed by atoms with van der Waals surface area (Å²) in [4.78, 5) is 11.8. The number of aryl methyl sites for hydroxylation is 1. The molecule has 1 N–H and O–H groups in total. The largest absolute Gasteiger partial charge is 0.289 e. The number of carbonyl (C=O) groups is 1. The number of rotatable bonds is 2. The highest BCUT2D eigenvalue weighted by molar-refractivity contribution is 7.96. The quantitative estimate of drug-likeness (QED) is 0.847. The van der Waals surface area contributed by atoms with Gasteiger partial charge in [0, 0.05) is 0 Å². The Labute approximate surface area is 118 Å². The lowest BCUT2D eigenvalue weighted by atomic mass is 9.99. The molecular weight excluding hydrogens is 278 g/mol. The van der Waals surface area contributed by atoms with Crippen molar-refractivity contribution in [1.82, 2.24) is 5.06 Å². The Hall–Kier alpha value is -1.66. The lowest BCUT2D eigenvalue weighted by molar-refractivity contribution is -0.173. The first-order valence-corrected chi connectivity index (χ1v) is 7.65. The van der Waals surface area contributed by atoms with Crippen molar-refractivity contribution in [3.63, 3.8) is 0 Å². The van der Waals surface area contributed by atoms with Gasteiger partial charge in [0.05, 0.1) is 10.4 Å². The fourth-order valence-corrected chi connectivity index (χ4v) is 3.80. The molecule has 20 heavy (non-hydrogen) atoms. The highest BCUT2D eigenvalue weighted by atomic mass is 32.2. The second-order valence-corrected chi connectivity index (χ2v) is 7.33. The predicted octanol–water partition coefficient (Wildman–Crippen LogP) is 2.05. The average molecular weight is 295 g/mol. The van der Waals surface area contributed by atoms with Gasteiger partial charge in [0.25, 0.3) is 5.91 Å². The number of hydrogen-bond donors (Lipinski definition) is 1. The van der Waals surface area contributed by atoms with Crippen LogP contribution in [0.2, 0.25) is 0 Å². The summed E-state index contributed by atoms with van der Waals surface area (Å²) in [6, 6.07) is 6.27. The van der Waals surface area contributed by atoms with E-state index in [-0.39, 0.29) is 9.80 Å². The summed E-state index contributed by atoms with van der Waals surface area (Å²) in [7, 11) is -3.93.